The van der Waals surface area contributed by atoms with Gasteiger partial charge in [-0.25, -0.2) is 0 Å². The van der Waals surface area contributed by atoms with Crippen molar-refractivity contribution in [3.8, 4) is 0 Å². The monoisotopic (exact) mass is 244 g/mol. The van der Waals surface area contributed by atoms with Crippen LogP contribution in [0.3, 0.4) is 0 Å². The minimum absolute atomic E-state index is 0.0338. The molecule has 2 aromatic rings. The fourth-order valence-electron chi connectivity index (χ4n) is 2.03. The van der Waals surface area contributed by atoms with E-state index in [9.17, 15) is 0 Å². The standard InChI is InChI=1S/C16H17Cl/c1-16(2,14-6-4-3-5-7-14)15-10-8-13(12-17)9-11-15/h3-11H,12H2,1-2H3. The average molecular weight is 245 g/mol. The summed E-state index contributed by atoms with van der Waals surface area (Å²) in [6, 6.07) is 19.1. The first-order valence-electron chi connectivity index (χ1n) is 5.85. The van der Waals surface area contributed by atoms with Crippen molar-refractivity contribution in [2.75, 3.05) is 0 Å². The van der Waals surface area contributed by atoms with Crippen LogP contribution >= 0.6 is 11.6 Å². The molecule has 0 amide bonds. The van der Waals surface area contributed by atoms with Crippen LogP contribution in [-0.2, 0) is 11.3 Å². The molecule has 88 valence electrons. The van der Waals surface area contributed by atoms with Gasteiger partial charge in [-0.3, -0.25) is 0 Å². The van der Waals surface area contributed by atoms with Crippen LogP contribution in [0.1, 0.15) is 30.5 Å². The highest BCUT2D eigenvalue weighted by molar-refractivity contribution is 6.17. The summed E-state index contributed by atoms with van der Waals surface area (Å²) in [6.45, 7) is 4.50. The summed E-state index contributed by atoms with van der Waals surface area (Å²) in [5, 5.41) is 0. The molecule has 0 aliphatic carbocycles. The second-order valence-electron chi connectivity index (χ2n) is 4.82. The molecule has 0 fully saturated rings. The summed E-state index contributed by atoms with van der Waals surface area (Å²) in [4.78, 5) is 0. The first kappa shape index (κ1) is 12.2. The van der Waals surface area contributed by atoms with Crippen molar-refractivity contribution in [2.45, 2.75) is 25.1 Å². The van der Waals surface area contributed by atoms with Gasteiger partial charge < -0.3 is 0 Å². The Hall–Kier alpha value is -1.27. The third-order valence-electron chi connectivity index (χ3n) is 3.33. The van der Waals surface area contributed by atoms with Gasteiger partial charge in [-0.05, 0) is 16.7 Å². The molecule has 1 heteroatoms. The van der Waals surface area contributed by atoms with Gasteiger partial charge in [-0.1, -0.05) is 68.4 Å². The average Bonchev–Trinajstić information content (AvgIpc) is 2.40. The maximum absolute atomic E-state index is 5.81. The molecule has 0 N–H and O–H groups in total. The van der Waals surface area contributed by atoms with E-state index in [0.717, 1.165) is 0 Å². The summed E-state index contributed by atoms with van der Waals surface area (Å²) in [5.41, 5.74) is 3.85. The summed E-state index contributed by atoms with van der Waals surface area (Å²) >= 11 is 5.81. The lowest BCUT2D eigenvalue weighted by molar-refractivity contribution is 0.640. The lowest BCUT2D eigenvalue weighted by Crippen LogP contribution is -2.18. The smallest absolute Gasteiger partial charge is 0.0474 e. The van der Waals surface area contributed by atoms with E-state index >= 15 is 0 Å². The number of hydrogen-bond donors (Lipinski definition) is 0. The Bertz CT molecular complexity index is 469. The molecular weight excluding hydrogens is 228 g/mol. The van der Waals surface area contributed by atoms with Crippen LogP contribution in [-0.4, -0.2) is 0 Å². The van der Waals surface area contributed by atoms with E-state index in [1.165, 1.54) is 16.7 Å². The van der Waals surface area contributed by atoms with Crippen molar-refractivity contribution in [3.63, 3.8) is 0 Å². The maximum Gasteiger partial charge on any atom is 0.0474 e. The SMILES string of the molecule is CC(C)(c1ccccc1)c1ccc(CCl)cc1. The molecule has 0 aromatic heterocycles. The molecule has 0 aliphatic heterocycles. The summed E-state index contributed by atoms with van der Waals surface area (Å²) in [7, 11) is 0. The van der Waals surface area contributed by atoms with E-state index in [0.29, 0.717) is 5.88 Å². The highest BCUT2D eigenvalue weighted by atomic mass is 35.5. The number of benzene rings is 2. The van der Waals surface area contributed by atoms with Crippen molar-refractivity contribution in [2.24, 2.45) is 0 Å². The molecule has 0 nitrogen and oxygen atoms in total. The second-order valence-corrected chi connectivity index (χ2v) is 5.09. The normalized spacial score (nSPS) is 11.5. The molecule has 0 atom stereocenters. The van der Waals surface area contributed by atoms with Gasteiger partial charge in [-0.15, -0.1) is 11.6 Å². The van der Waals surface area contributed by atoms with E-state index in [-0.39, 0.29) is 5.41 Å². The fourth-order valence-corrected chi connectivity index (χ4v) is 2.21. The Labute approximate surface area is 108 Å². The first-order valence-corrected chi connectivity index (χ1v) is 6.39. The zero-order valence-corrected chi connectivity index (χ0v) is 11.0. The maximum atomic E-state index is 5.81. The Kier molecular flexibility index (Phi) is 3.54. The largest absolute Gasteiger partial charge is 0.122 e. The fraction of sp³-hybridized carbons (Fsp3) is 0.250. The van der Waals surface area contributed by atoms with Crippen molar-refractivity contribution in [1.29, 1.82) is 0 Å². The number of halogens is 1. The molecule has 0 saturated carbocycles. The number of rotatable bonds is 3. The van der Waals surface area contributed by atoms with Crippen LogP contribution in [0.4, 0.5) is 0 Å². The van der Waals surface area contributed by atoms with Crippen molar-refractivity contribution in [1.82, 2.24) is 0 Å². The second kappa shape index (κ2) is 4.93. The summed E-state index contributed by atoms with van der Waals surface area (Å²) in [6.07, 6.45) is 0. The van der Waals surface area contributed by atoms with E-state index in [1.54, 1.807) is 0 Å². The molecule has 2 aromatic carbocycles. The van der Waals surface area contributed by atoms with Crippen LogP contribution in [0.15, 0.2) is 54.6 Å². The summed E-state index contributed by atoms with van der Waals surface area (Å²) < 4.78 is 0. The molecule has 0 bridgehead atoms. The zero-order chi connectivity index (χ0) is 12.3. The minimum Gasteiger partial charge on any atom is -0.122 e. The van der Waals surface area contributed by atoms with Crippen LogP contribution in [0, 0.1) is 0 Å². The van der Waals surface area contributed by atoms with Crippen LogP contribution in [0.2, 0.25) is 0 Å². The Morgan fingerprint density at radius 3 is 1.88 bits per heavy atom. The van der Waals surface area contributed by atoms with Gasteiger partial charge in [0.2, 0.25) is 0 Å². The molecule has 0 unspecified atom stereocenters. The van der Waals surface area contributed by atoms with E-state index < -0.39 is 0 Å². The van der Waals surface area contributed by atoms with Crippen molar-refractivity contribution in [3.05, 3.63) is 71.3 Å². The van der Waals surface area contributed by atoms with Gasteiger partial charge in [0.15, 0.2) is 0 Å². The van der Waals surface area contributed by atoms with Crippen LogP contribution < -0.4 is 0 Å². The van der Waals surface area contributed by atoms with E-state index in [2.05, 4.69) is 68.4 Å². The lowest BCUT2D eigenvalue weighted by atomic mass is 9.78. The number of alkyl halides is 1. The molecule has 17 heavy (non-hydrogen) atoms. The van der Waals surface area contributed by atoms with E-state index in [4.69, 9.17) is 11.6 Å². The highest BCUT2D eigenvalue weighted by Gasteiger charge is 2.22. The van der Waals surface area contributed by atoms with Gasteiger partial charge in [0.25, 0.3) is 0 Å². The lowest BCUT2D eigenvalue weighted by Gasteiger charge is -2.26. The van der Waals surface area contributed by atoms with Crippen LogP contribution in [0.25, 0.3) is 0 Å². The third kappa shape index (κ3) is 2.53. The van der Waals surface area contributed by atoms with Crippen molar-refractivity contribution >= 4 is 11.6 Å². The molecule has 0 radical (unpaired) electrons. The first-order chi connectivity index (χ1) is 8.14. The molecule has 2 rings (SSSR count). The topological polar surface area (TPSA) is 0 Å². The van der Waals surface area contributed by atoms with Gasteiger partial charge in [0.05, 0.1) is 0 Å². The molecule has 0 saturated heterocycles. The predicted octanol–water partition coefficient (Wildman–Crippen LogP) is 4.75. The van der Waals surface area contributed by atoms with Gasteiger partial charge in [0, 0.05) is 11.3 Å². The summed E-state index contributed by atoms with van der Waals surface area (Å²) in [5.74, 6) is 0.575. The molecule has 0 aliphatic rings. The Morgan fingerprint density at radius 1 is 0.824 bits per heavy atom. The molecule has 0 heterocycles. The molecule has 0 spiro atoms. The zero-order valence-electron chi connectivity index (χ0n) is 10.3. The van der Waals surface area contributed by atoms with Gasteiger partial charge >= 0.3 is 0 Å². The van der Waals surface area contributed by atoms with E-state index in [1.807, 2.05) is 0 Å². The van der Waals surface area contributed by atoms with Gasteiger partial charge in [-0.2, -0.15) is 0 Å². The van der Waals surface area contributed by atoms with Crippen molar-refractivity contribution < 1.29 is 0 Å². The van der Waals surface area contributed by atoms with Gasteiger partial charge in [0.1, 0.15) is 0 Å². The Morgan fingerprint density at radius 2 is 1.35 bits per heavy atom. The Balaban J connectivity index is 2.37. The minimum atomic E-state index is 0.0338. The molecular formula is C16H17Cl. The van der Waals surface area contributed by atoms with Crippen LogP contribution in [0.5, 0.6) is 0 Å². The third-order valence-corrected chi connectivity index (χ3v) is 3.63. The predicted molar refractivity (Wildman–Crippen MR) is 74.6 cm³/mol. The highest BCUT2D eigenvalue weighted by Crippen LogP contribution is 2.31. The number of hydrogen-bond acceptors (Lipinski definition) is 0. The quantitative estimate of drug-likeness (QED) is 0.684.